The van der Waals surface area contributed by atoms with Gasteiger partial charge in [-0.15, -0.1) is 0 Å². The molecule has 1 unspecified atom stereocenters. The molecule has 1 aromatic carbocycles. The van der Waals surface area contributed by atoms with Crippen molar-refractivity contribution in [1.29, 1.82) is 0 Å². The van der Waals surface area contributed by atoms with Crippen LogP contribution in [0.25, 0.3) is 0 Å². The Hall–Kier alpha value is -1.51. The number of nitrogens with one attached hydrogen (secondary N) is 1. The zero-order valence-corrected chi connectivity index (χ0v) is 8.33. The molecule has 1 heterocycles. The van der Waals surface area contributed by atoms with Crippen molar-refractivity contribution in [3.8, 4) is 5.75 Å². The number of benzene rings is 1. The van der Waals surface area contributed by atoms with Crippen molar-refractivity contribution in [1.82, 2.24) is 5.32 Å². The van der Waals surface area contributed by atoms with Crippen LogP contribution in [0.3, 0.4) is 0 Å². The molecular weight excluding hydrogens is 178 g/mol. The van der Waals surface area contributed by atoms with E-state index in [9.17, 15) is 4.79 Å². The minimum absolute atomic E-state index is 0.00278. The summed E-state index contributed by atoms with van der Waals surface area (Å²) in [5.41, 5.74) is 1.77. The second-order valence-corrected chi connectivity index (χ2v) is 3.53. The largest absolute Gasteiger partial charge is 0.496 e. The molecule has 0 bridgehead atoms. The van der Waals surface area contributed by atoms with E-state index in [-0.39, 0.29) is 5.91 Å². The van der Waals surface area contributed by atoms with E-state index in [1.165, 1.54) is 0 Å². The van der Waals surface area contributed by atoms with E-state index in [0.29, 0.717) is 12.5 Å². The third-order valence-corrected chi connectivity index (χ3v) is 2.59. The Morgan fingerprint density at radius 2 is 2.29 bits per heavy atom. The summed E-state index contributed by atoms with van der Waals surface area (Å²) in [6, 6.07) is 5.58. The molecule has 0 saturated carbocycles. The number of rotatable bonds is 1. The van der Waals surface area contributed by atoms with Crippen LogP contribution in [-0.2, 0) is 0 Å². The van der Waals surface area contributed by atoms with Crippen LogP contribution in [-0.4, -0.2) is 19.6 Å². The van der Waals surface area contributed by atoms with Crippen LogP contribution in [0, 0.1) is 0 Å². The second kappa shape index (κ2) is 3.33. The van der Waals surface area contributed by atoms with Gasteiger partial charge in [-0.1, -0.05) is 13.0 Å². The predicted octanol–water partition coefficient (Wildman–Crippen LogP) is 1.54. The maximum atomic E-state index is 11.5. The van der Waals surface area contributed by atoms with Gasteiger partial charge in [-0.3, -0.25) is 4.79 Å². The Morgan fingerprint density at radius 3 is 3.00 bits per heavy atom. The summed E-state index contributed by atoms with van der Waals surface area (Å²) in [7, 11) is 1.63. The van der Waals surface area contributed by atoms with Gasteiger partial charge < -0.3 is 10.1 Å². The van der Waals surface area contributed by atoms with Crippen molar-refractivity contribution in [2.24, 2.45) is 0 Å². The highest BCUT2D eigenvalue weighted by atomic mass is 16.5. The first-order valence-electron chi connectivity index (χ1n) is 4.69. The molecule has 0 aliphatic carbocycles. The first-order chi connectivity index (χ1) is 6.74. The number of ether oxygens (including phenoxy) is 1. The van der Waals surface area contributed by atoms with Crippen LogP contribution in [0.2, 0.25) is 0 Å². The summed E-state index contributed by atoms with van der Waals surface area (Å²) in [6.45, 7) is 2.77. The standard InChI is InChI=1S/C11H13NO2/c1-7-6-12-11(13)8-4-3-5-9(14-2)10(7)8/h3-5,7H,6H2,1-2H3,(H,12,13). The molecule has 1 N–H and O–H groups in total. The van der Waals surface area contributed by atoms with Gasteiger partial charge in [0.15, 0.2) is 0 Å². The van der Waals surface area contributed by atoms with E-state index >= 15 is 0 Å². The van der Waals surface area contributed by atoms with E-state index in [1.54, 1.807) is 7.11 Å². The molecule has 1 amide bonds. The Bertz CT molecular complexity index is 374. The van der Waals surface area contributed by atoms with Crippen LogP contribution in [0.1, 0.15) is 28.8 Å². The van der Waals surface area contributed by atoms with Crippen molar-refractivity contribution < 1.29 is 9.53 Å². The molecule has 1 aromatic rings. The minimum atomic E-state index is -0.00278. The van der Waals surface area contributed by atoms with Gasteiger partial charge >= 0.3 is 0 Å². The molecule has 74 valence electrons. The van der Waals surface area contributed by atoms with Crippen molar-refractivity contribution in [2.45, 2.75) is 12.8 Å². The number of carbonyl (C=O) groups excluding carboxylic acids is 1. The van der Waals surface area contributed by atoms with Gasteiger partial charge in [0, 0.05) is 23.6 Å². The minimum Gasteiger partial charge on any atom is -0.496 e. The molecule has 1 atom stereocenters. The molecule has 0 radical (unpaired) electrons. The third kappa shape index (κ3) is 1.25. The Balaban J connectivity index is 2.60. The lowest BCUT2D eigenvalue weighted by molar-refractivity contribution is 0.0940. The van der Waals surface area contributed by atoms with E-state index in [0.717, 1.165) is 16.9 Å². The molecule has 0 aromatic heterocycles. The smallest absolute Gasteiger partial charge is 0.251 e. The molecule has 3 nitrogen and oxygen atoms in total. The first kappa shape index (κ1) is 9.06. The Labute approximate surface area is 83.1 Å². The lowest BCUT2D eigenvalue weighted by Gasteiger charge is -2.24. The highest BCUT2D eigenvalue weighted by Gasteiger charge is 2.24. The van der Waals surface area contributed by atoms with Gasteiger partial charge in [-0.2, -0.15) is 0 Å². The Morgan fingerprint density at radius 1 is 1.50 bits per heavy atom. The van der Waals surface area contributed by atoms with Crippen LogP contribution >= 0.6 is 0 Å². The molecule has 1 aliphatic heterocycles. The second-order valence-electron chi connectivity index (χ2n) is 3.53. The van der Waals surface area contributed by atoms with Crippen molar-refractivity contribution in [3.63, 3.8) is 0 Å². The summed E-state index contributed by atoms with van der Waals surface area (Å²) >= 11 is 0. The van der Waals surface area contributed by atoms with Gasteiger partial charge in [-0.05, 0) is 12.1 Å². The number of hydrogen-bond donors (Lipinski definition) is 1. The molecule has 14 heavy (non-hydrogen) atoms. The normalized spacial score (nSPS) is 19.9. The van der Waals surface area contributed by atoms with Gasteiger partial charge in [0.25, 0.3) is 5.91 Å². The fraction of sp³-hybridized carbons (Fsp3) is 0.364. The number of hydrogen-bond acceptors (Lipinski definition) is 2. The number of methoxy groups -OCH3 is 1. The lowest BCUT2D eigenvalue weighted by Crippen LogP contribution is -2.34. The first-order valence-corrected chi connectivity index (χ1v) is 4.69. The predicted molar refractivity (Wildman–Crippen MR) is 53.7 cm³/mol. The Kier molecular flexibility index (Phi) is 2.15. The van der Waals surface area contributed by atoms with E-state index < -0.39 is 0 Å². The molecule has 0 saturated heterocycles. The monoisotopic (exact) mass is 191 g/mol. The lowest BCUT2D eigenvalue weighted by atomic mass is 9.91. The maximum absolute atomic E-state index is 11.5. The number of fused-ring (bicyclic) bond motifs is 1. The van der Waals surface area contributed by atoms with E-state index in [2.05, 4.69) is 12.2 Å². The molecular formula is C11H13NO2. The highest BCUT2D eigenvalue weighted by Crippen LogP contribution is 2.31. The van der Waals surface area contributed by atoms with Gasteiger partial charge in [0.2, 0.25) is 0 Å². The zero-order valence-electron chi connectivity index (χ0n) is 8.33. The maximum Gasteiger partial charge on any atom is 0.251 e. The molecule has 0 fully saturated rings. The molecule has 3 heteroatoms. The molecule has 2 rings (SSSR count). The highest BCUT2D eigenvalue weighted by molar-refractivity contribution is 5.97. The summed E-state index contributed by atoms with van der Waals surface area (Å²) < 4.78 is 5.25. The quantitative estimate of drug-likeness (QED) is 0.731. The van der Waals surface area contributed by atoms with Crippen LogP contribution in [0.5, 0.6) is 5.75 Å². The van der Waals surface area contributed by atoms with Crippen molar-refractivity contribution in [3.05, 3.63) is 29.3 Å². The van der Waals surface area contributed by atoms with Gasteiger partial charge in [0.1, 0.15) is 5.75 Å². The van der Waals surface area contributed by atoms with E-state index in [1.807, 2.05) is 18.2 Å². The van der Waals surface area contributed by atoms with Crippen molar-refractivity contribution in [2.75, 3.05) is 13.7 Å². The summed E-state index contributed by atoms with van der Waals surface area (Å²) in [5.74, 6) is 1.13. The van der Waals surface area contributed by atoms with Gasteiger partial charge in [0.05, 0.1) is 7.11 Å². The average molecular weight is 191 g/mol. The topological polar surface area (TPSA) is 38.3 Å². The molecule has 1 aliphatic rings. The summed E-state index contributed by atoms with van der Waals surface area (Å²) in [6.07, 6.45) is 0. The SMILES string of the molecule is COc1cccc2c1C(C)CNC2=O. The summed E-state index contributed by atoms with van der Waals surface area (Å²) in [5, 5.41) is 2.84. The summed E-state index contributed by atoms with van der Waals surface area (Å²) in [4.78, 5) is 11.5. The zero-order chi connectivity index (χ0) is 10.1. The van der Waals surface area contributed by atoms with Gasteiger partial charge in [-0.25, -0.2) is 0 Å². The number of amides is 1. The number of carbonyl (C=O) groups is 1. The molecule has 0 spiro atoms. The van der Waals surface area contributed by atoms with Crippen molar-refractivity contribution >= 4 is 5.91 Å². The van der Waals surface area contributed by atoms with E-state index in [4.69, 9.17) is 4.74 Å². The van der Waals surface area contributed by atoms with Crippen LogP contribution in [0.15, 0.2) is 18.2 Å². The van der Waals surface area contributed by atoms with Crippen LogP contribution in [0.4, 0.5) is 0 Å². The average Bonchev–Trinajstić information content (AvgIpc) is 2.23. The fourth-order valence-electron chi connectivity index (χ4n) is 1.87. The third-order valence-electron chi connectivity index (χ3n) is 2.59. The van der Waals surface area contributed by atoms with Crippen LogP contribution < -0.4 is 10.1 Å². The fourth-order valence-corrected chi connectivity index (χ4v) is 1.87.